The third-order valence-corrected chi connectivity index (χ3v) is 4.69. The van der Waals surface area contributed by atoms with E-state index in [1.807, 2.05) is 0 Å². The van der Waals surface area contributed by atoms with Gasteiger partial charge in [-0.25, -0.2) is 0 Å². The lowest BCUT2D eigenvalue weighted by atomic mass is 10.2. The Morgan fingerprint density at radius 3 is 2.13 bits per heavy atom. The van der Waals surface area contributed by atoms with Gasteiger partial charge in [-0.15, -0.1) is 0 Å². The average Bonchev–Trinajstić information content (AvgIpc) is 2.76. The van der Waals surface area contributed by atoms with E-state index < -0.39 is 6.10 Å². The van der Waals surface area contributed by atoms with Crippen LogP contribution in [0.15, 0.2) is 72.8 Å². The summed E-state index contributed by atoms with van der Waals surface area (Å²) in [7, 11) is 0. The van der Waals surface area contributed by atoms with E-state index in [0.717, 1.165) is 0 Å². The smallest absolute Gasteiger partial charge is 0.265 e. The molecule has 3 aromatic carbocycles. The zero-order chi connectivity index (χ0) is 22.2. The fourth-order valence-electron chi connectivity index (χ4n) is 2.54. The number of anilines is 2. The molecule has 160 valence electrons. The highest BCUT2D eigenvalue weighted by Crippen LogP contribution is 2.24. The molecule has 0 aromatic heterocycles. The van der Waals surface area contributed by atoms with Crippen LogP contribution in [0.5, 0.6) is 11.5 Å². The molecule has 0 bridgehead atoms. The highest BCUT2D eigenvalue weighted by atomic mass is 35.5. The van der Waals surface area contributed by atoms with Gasteiger partial charge in [-0.1, -0.05) is 35.3 Å². The summed E-state index contributed by atoms with van der Waals surface area (Å²) in [6.45, 7) is 1.49. The second kappa shape index (κ2) is 10.7. The molecule has 3 rings (SSSR count). The number of hydrogen-bond acceptors (Lipinski definition) is 4. The lowest BCUT2D eigenvalue weighted by molar-refractivity contribution is -0.122. The number of nitrogens with one attached hydrogen (secondary N) is 2. The predicted molar refractivity (Wildman–Crippen MR) is 122 cm³/mol. The molecular formula is C23H20Cl2N2O4. The monoisotopic (exact) mass is 458 g/mol. The van der Waals surface area contributed by atoms with Crippen LogP contribution in [0.4, 0.5) is 11.4 Å². The van der Waals surface area contributed by atoms with Crippen LogP contribution in [-0.2, 0) is 9.59 Å². The molecule has 6 nitrogen and oxygen atoms in total. The minimum absolute atomic E-state index is 0.142. The molecule has 0 saturated carbocycles. The molecule has 0 fully saturated rings. The Balaban J connectivity index is 1.47. The summed E-state index contributed by atoms with van der Waals surface area (Å²) < 4.78 is 11.0. The summed E-state index contributed by atoms with van der Waals surface area (Å²) in [6, 6.07) is 20.4. The third kappa shape index (κ3) is 6.91. The van der Waals surface area contributed by atoms with E-state index in [1.54, 1.807) is 79.7 Å². The van der Waals surface area contributed by atoms with Gasteiger partial charge < -0.3 is 20.1 Å². The van der Waals surface area contributed by atoms with E-state index in [0.29, 0.717) is 32.9 Å². The van der Waals surface area contributed by atoms with E-state index >= 15 is 0 Å². The molecular weight excluding hydrogens is 439 g/mol. The molecule has 0 aliphatic rings. The van der Waals surface area contributed by atoms with Crippen LogP contribution in [0, 0.1) is 0 Å². The van der Waals surface area contributed by atoms with E-state index in [1.165, 1.54) is 0 Å². The van der Waals surface area contributed by atoms with Gasteiger partial charge in [0, 0.05) is 16.4 Å². The van der Waals surface area contributed by atoms with Gasteiger partial charge in [0.05, 0.1) is 5.02 Å². The summed E-state index contributed by atoms with van der Waals surface area (Å²) in [4.78, 5) is 24.4. The SMILES string of the molecule is CC(Oc1ccccc1Cl)C(=O)Nc1ccc(NC(=O)COc2ccc(Cl)cc2)cc1. The summed E-state index contributed by atoms with van der Waals surface area (Å²) in [5.74, 6) is 0.345. The van der Waals surface area contributed by atoms with Gasteiger partial charge in [0.1, 0.15) is 11.5 Å². The maximum absolute atomic E-state index is 12.4. The number of carbonyl (C=O) groups excluding carboxylic acids is 2. The zero-order valence-corrected chi connectivity index (χ0v) is 18.1. The number of carbonyl (C=O) groups is 2. The van der Waals surface area contributed by atoms with Crippen LogP contribution in [0.3, 0.4) is 0 Å². The summed E-state index contributed by atoms with van der Waals surface area (Å²) in [6.07, 6.45) is -0.746. The Morgan fingerprint density at radius 1 is 0.871 bits per heavy atom. The van der Waals surface area contributed by atoms with Crippen LogP contribution < -0.4 is 20.1 Å². The zero-order valence-electron chi connectivity index (χ0n) is 16.6. The van der Waals surface area contributed by atoms with Crippen molar-refractivity contribution in [1.29, 1.82) is 0 Å². The van der Waals surface area contributed by atoms with Crippen molar-refractivity contribution in [3.63, 3.8) is 0 Å². The maximum atomic E-state index is 12.4. The number of amides is 2. The van der Waals surface area contributed by atoms with Crippen molar-refractivity contribution in [3.05, 3.63) is 82.8 Å². The normalized spacial score (nSPS) is 11.3. The lowest BCUT2D eigenvalue weighted by Crippen LogP contribution is -2.30. The molecule has 2 amide bonds. The Bertz CT molecular complexity index is 1040. The number of hydrogen-bond donors (Lipinski definition) is 2. The van der Waals surface area contributed by atoms with Crippen molar-refractivity contribution in [3.8, 4) is 11.5 Å². The van der Waals surface area contributed by atoms with Crippen molar-refractivity contribution >= 4 is 46.4 Å². The van der Waals surface area contributed by atoms with Crippen LogP contribution in [0.1, 0.15) is 6.92 Å². The van der Waals surface area contributed by atoms with Gasteiger partial charge in [-0.3, -0.25) is 9.59 Å². The van der Waals surface area contributed by atoms with Crippen molar-refractivity contribution < 1.29 is 19.1 Å². The molecule has 0 radical (unpaired) electrons. The molecule has 0 aliphatic carbocycles. The standard InChI is InChI=1S/C23H20Cl2N2O4/c1-15(31-21-5-3-2-4-20(21)25)23(29)27-18-10-8-17(9-11-18)26-22(28)14-30-19-12-6-16(24)7-13-19/h2-13,15H,14H2,1H3,(H,26,28)(H,27,29). The third-order valence-electron chi connectivity index (χ3n) is 4.13. The van der Waals surface area contributed by atoms with E-state index in [9.17, 15) is 9.59 Å². The maximum Gasteiger partial charge on any atom is 0.265 e. The molecule has 8 heteroatoms. The van der Waals surface area contributed by atoms with Crippen LogP contribution in [-0.4, -0.2) is 24.5 Å². The largest absolute Gasteiger partial charge is 0.484 e. The number of ether oxygens (including phenoxy) is 2. The molecule has 1 atom stereocenters. The van der Waals surface area contributed by atoms with Gasteiger partial charge in [-0.2, -0.15) is 0 Å². The van der Waals surface area contributed by atoms with Crippen LogP contribution in [0.25, 0.3) is 0 Å². The molecule has 0 heterocycles. The number of halogens is 2. The van der Waals surface area contributed by atoms with Crippen molar-refractivity contribution in [2.75, 3.05) is 17.2 Å². The van der Waals surface area contributed by atoms with Gasteiger partial charge in [0.25, 0.3) is 11.8 Å². The molecule has 31 heavy (non-hydrogen) atoms. The molecule has 0 spiro atoms. The quantitative estimate of drug-likeness (QED) is 0.472. The lowest BCUT2D eigenvalue weighted by Gasteiger charge is -2.15. The van der Waals surface area contributed by atoms with Crippen LogP contribution >= 0.6 is 23.2 Å². The van der Waals surface area contributed by atoms with Crippen molar-refractivity contribution in [2.45, 2.75) is 13.0 Å². The first-order chi connectivity index (χ1) is 14.9. The molecule has 0 aliphatic heterocycles. The fourth-order valence-corrected chi connectivity index (χ4v) is 2.85. The van der Waals surface area contributed by atoms with E-state index in [-0.39, 0.29) is 18.4 Å². The molecule has 3 aromatic rings. The summed E-state index contributed by atoms with van der Waals surface area (Å²) in [5, 5.41) is 6.51. The Hall–Kier alpha value is -3.22. The minimum atomic E-state index is -0.746. The second-order valence-corrected chi connectivity index (χ2v) is 7.39. The number of rotatable bonds is 8. The van der Waals surface area contributed by atoms with Gasteiger partial charge in [-0.05, 0) is 67.6 Å². The number of benzene rings is 3. The molecule has 2 N–H and O–H groups in total. The predicted octanol–water partition coefficient (Wildman–Crippen LogP) is 5.42. The Kier molecular flexibility index (Phi) is 7.76. The topological polar surface area (TPSA) is 76.7 Å². The van der Waals surface area contributed by atoms with E-state index in [2.05, 4.69) is 10.6 Å². The highest BCUT2D eigenvalue weighted by molar-refractivity contribution is 6.32. The first-order valence-corrected chi connectivity index (χ1v) is 10.2. The van der Waals surface area contributed by atoms with Crippen LogP contribution in [0.2, 0.25) is 10.0 Å². The summed E-state index contributed by atoms with van der Waals surface area (Å²) >= 11 is 11.9. The first kappa shape index (κ1) is 22.5. The average molecular weight is 459 g/mol. The van der Waals surface area contributed by atoms with E-state index in [4.69, 9.17) is 32.7 Å². The first-order valence-electron chi connectivity index (χ1n) is 9.41. The Labute approximate surface area is 190 Å². The van der Waals surface area contributed by atoms with Crippen molar-refractivity contribution in [1.82, 2.24) is 0 Å². The van der Waals surface area contributed by atoms with Gasteiger partial charge >= 0.3 is 0 Å². The fraction of sp³-hybridized carbons (Fsp3) is 0.130. The Morgan fingerprint density at radius 2 is 1.48 bits per heavy atom. The second-order valence-electron chi connectivity index (χ2n) is 6.55. The molecule has 0 saturated heterocycles. The van der Waals surface area contributed by atoms with Gasteiger partial charge in [0.15, 0.2) is 12.7 Å². The molecule has 1 unspecified atom stereocenters. The van der Waals surface area contributed by atoms with Gasteiger partial charge in [0.2, 0.25) is 0 Å². The van der Waals surface area contributed by atoms with Crippen molar-refractivity contribution in [2.24, 2.45) is 0 Å². The number of para-hydroxylation sites is 1. The summed E-state index contributed by atoms with van der Waals surface area (Å²) in [5.41, 5.74) is 1.14. The highest BCUT2D eigenvalue weighted by Gasteiger charge is 2.16. The minimum Gasteiger partial charge on any atom is -0.484 e.